The molecule has 0 radical (unpaired) electrons. The summed E-state index contributed by atoms with van der Waals surface area (Å²) in [5.74, 6) is -1.25. The van der Waals surface area contributed by atoms with Crippen LogP contribution < -0.4 is 0 Å². The van der Waals surface area contributed by atoms with Gasteiger partial charge in [-0.15, -0.1) is 11.8 Å². The fourth-order valence-corrected chi connectivity index (χ4v) is 2.20. The minimum Gasteiger partial charge on any atom is -0.478 e. The Morgan fingerprint density at radius 1 is 1.44 bits per heavy atom. The number of aromatic carboxylic acids is 1. The molecule has 0 spiro atoms. The maximum absolute atomic E-state index is 11.6. The first kappa shape index (κ1) is 14.6. The topological polar surface area (TPSA) is 63.6 Å². The molecule has 1 atom stereocenters. The van der Waals surface area contributed by atoms with Gasteiger partial charge >= 0.3 is 11.9 Å². The van der Waals surface area contributed by atoms with Gasteiger partial charge < -0.3 is 9.84 Å². The van der Waals surface area contributed by atoms with Crippen LogP contribution in [0.4, 0.5) is 0 Å². The normalized spacial score (nSPS) is 11.9. The number of thioether (sulfide) groups is 1. The molecule has 1 N–H and O–H groups in total. The van der Waals surface area contributed by atoms with Crippen LogP contribution in [0.25, 0.3) is 0 Å². The van der Waals surface area contributed by atoms with E-state index in [1.165, 1.54) is 17.8 Å². The van der Waals surface area contributed by atoms with E-state index in [2.05, 4.69) is 0 Å². The monoisotopic (exact) mass is 268 g/mol. The van der Waals surface area contributed by atoms with Gasteiger partial charge in [0.2, 0.25) is 0 Å². The molecule has 0 aliphatic carbocycles. The van der Waals surface area contributed by atoms with Crippen LogP contribution in [-0.2, 0) is 9.53 Å². The van der Waals surface area contributed by atoms with Crippen molar-refractivity contribution in [3.05, 3.63) is 29.8 Å². The third kappa shape index (κ3) is 4.41. The molecule has 5 heteroatoms. The molecule has 0 heterocycles. The highest BCUT2D eigenvalue weighted by Crippen LogP contribution is 2.24. The van der Waals surface area contributed by atoms with E-state index in [1.807, 2.05) is 6.92 Å². The van der Waals surface area contributed by atoms with Crippen LogP contribution in [-0.4, -0.2) is 28.9 Å². The lowest BCUT2D eigenvalue weighted by atomic mass is 10.2. The van der Waals surface area contributed by atoms with Crippen molar-refractivity contribution in [3.8, 4) is 0 Å². The zero-order valence-corrected chi connectivity index (χ0v) is 11.2. The summed E-state index contributed by atoms with van der Waals surface area (Å²) >= 11 is 1.30. The van der Waals surface area contributed by atoms with Crippen molar-refractivity contribution < 1.29 is 19.4 Å². The van der Waals surface area contributed by atoms with Crippen LogP contribution >= 0.6 is 11.8 Å². The van der Waals surface area contributed by atoms with Gasteiger partial charge in [-0.1, -0.05) is 13.0 Å². The summed E-state index contributed by atoms with van der Waals surface area (Å²) in [6, 6.07) is 6.51. The smallest absolute Gasteiger partial charge is 0.335 e. The number of hydrogen-bond donors (Lipinski definition) is 1. The van der Waals surface area contributed by atoms with Gasteiger partial charge in [-0.25, -0.2) is 4.79 Å². The van der Waals surface area contributed by atoms with Gasteiger partial charge in [0.25, 0.3) is 0 Å². The summed E-state index contributed by atoms with van der Waals surface area (Å²) in [6.07, 6.45) is 0.789. The van der Waals surface area contributed by atoms with Gasteiger partial charge in [-0.2, -0.15) is 0 Å². The van der Waals surface area contributed by atoms with Crippen LogP contribution in [0.5, 0.6) is 0 Å². The molecule has 0 saturated heterocycles. The van der Waals surface area contributed by atoms with Crippen LogP contribution in [0.15, 0.2) is 29.2 Å². The summed E-state index contributed by atoms with van der Waals surface area (Å²) in [4.78, 5) is 23.1. The second kappa shape index (κ2) is 7.06. The van der Waals surface area contributed by atoms with Crippen LogP contribution in [0.3, 0.4) is 0 Å². The zero-order valence-electron chi connectivity index (χ0n) is 10.4. The predicted octanol–water partition coefficient (Wildman–Crippen LogP) is 2.82. The lowest BCUT2D eigenvalue weighted by Gasteiger charge is -2.10. The number of carbonyl (C=O) groups excluding carboxylic acids is 1. The molecule has 1 rings (SSSR count). The van der Waals surface area contributed by atoms with Gasteiger partial charge in [-0.3, -0.25) is 4.79 Å². The fourth-order valence-electron chi connectivity index (χ4n) is 1.27. The number of benzene rings is 1. The maximum Gasteiger partial charge on any atom is 0.335 e. The van der Waals surface area contributed by atoms with Crippen molar-refractivity contribution in [2.24, 2.45) is 0 Å². The van der Waals surface area contributed by atoms with Crippen LogP contribution in [0.1, 0.15) is 30.6 Å². The SMILES string of the molecule is CCCOC(=O)C(C)Sc1cccc(C(=O)O)c1. The van der Waals surface area contributed by atoms with Crippen molar-refractivity contribution in [3.63, 3.8) is 0 Å². The molecule has 0 saturated carbocycles. The Kier molecular flexibility index (Phi) is 5.71. The molecule has 1 aromatic rings. The van der Waals surface area contributed by atoms with E-state index in [9.17, 15) is 9.59 Å². The number of ether oxygens (including phenoxy) is 1. The molecule has 98 valence electrons. The van der Waals surface area contributed by atoms with Gasteiger partial charge in [-0.05, 0) is 31.5 Å². The van der Waals surface area contributed by atoms with Crippen molar-refractivity contribution in [1.29, 1.82) is 0 Å². The van der Waals surface area contributed by atoms with Gasteiger partial charge in [0.05, 0.1) is 12.2 Å². The number of carboxylic acids is 1. The van der Waals surface area contributed by atoms with Crippen molar-refractivity contribution >= 4 is 23.7 Å². The Morgan fingerprint density at radius 2 is 2.17 bits per heavy atom. The van der Waals surface area contributed by atoms with Crippen LogP contribution in [0.2, 0.25) is 0 Å². The number of hydrogen-bond acceptors (Lipinski definition) is 4. The Hall–Kier alpha value is -1.49. The van der Waals surface area contributed by atoms with E-state index in [-0.39, 0.29) is 16.8 Å². The molecule has 4 nitrogen and oxygen atoms in total. The molecule has 0 fully saturated rings. The Bertz CT molecular complexity index is 431. The zero-order chi connectivity index (χ0) is 13.5. The standard InChI is InChI=1S/C13H16O4S/c1-3-7-17-13(16)9(2)18-11-6-4-5-10(8-11)12(14)15/h4-6,8-9H,3,7H2,1-2H3,(H,14,15). The fraction of sp³-hybridized carbons (Fsp3) is 0.385. The molecule has 18 heavy (non-hydrogen) atoms. The highest BCUT2D eigenvalue weighted by molar-refractivity contribution is 8.00. The van der Waals surface area contributed by atoms with E-state index in [0.717, 1.165) is 11.3 Å². The predicted molar refractivity (Wildman–Crippen MR) is 70.0 cm³/mol. The summed E-state index contributed by atoms with van der Waals surface area (Å²) in [7, 11) is 0. The molecule has 1 unspecified atom stereocenters. The third-order valence-electron chi connectivity index (χ3n) is 2.17. The Balaban J connectivity index is 2.63. The number of esters is 1. The third-order valence-corrected chi connectivity index (χ3v) is 3.25. The molecular formula is C13H16O4S. The molecule has 0 bridgehead atoms. The van der Waals surface area contributed by atoms with Crippen molar-refractivity contribution in [2.75, 3.05) is 6.61 Å². The molecule has 0 aromatic heterocycles. The first-order valence-electron chi connectivity index (χ1n) is 5.71. The van der Waals surface area contributed by atoms with E-state index in [4.69, 9.17) is 9.84 Å². The highest BCUT2D eigenvalue weighted by atomic mass is 32.2. The van der Waals surface area contributed by atoms with Gasteiger partial charge in [0.15, 0.2) is 0 Å². The first-order valence-corrected chi connectivity index (χ1v) is 6.59. The number of rotatable bonds is 6. The van der Waals surface area contributed by atoms with Crippen LogP contribution in [0, 0.1) is 0 Å². The molecule has 1 aromatic carbocycles. The highest BCUT2D eigenvalue weighted by Gasteiger charge is 2.16. The first-order chi connectivity index (χ1) is 8.54. The van der Waals surface area contributed by atoms with Crippen molar-refractivity contribution in [2.45, 2.75) is 30.4 Å². The molecule has 0 amide bonds. The summed E-state index contributed by atoms with van der Waals surface area (Å²) < 4.78 is 5.03. The summed E-state index contributed by atoms with van der Waals surface area (Å²) in [5.41, 5.74) is 0.217. The minimum atomic E-state index is -0.973. The lowest BCUT2D eigenvalue weighted by Crippen LogP contribution is -2.17. The Morgan fingerprint density at radius 3 is 2.78 bits per heavy atom. The van der Waals surface area contributed by atoms with Gasteiger partial charge in [0, 0.05) is 4.90 Å². The second-order valence-corrected chi connectivity index (χ2v) is 5.17. The van der Waals surface area contributed by atoms with Crippen molar-refractivity contribution in [1.82, 2.24) is 0 Å². The summed E-state index contributed by atoms with van der Waals surface area (Å²) in [6.45, 7) is 4.09. The minimum absolute atomic E-state index is 0.217. The quantitative estimate of drug-likeness (QED) is 0.635. The van der Waals surface area contributed by atoms with E-state index in [0.29, 0.717) is 6.61 Å². The lowest BCUT2D eigenvalue weighted by molar-refractivity contribution is -0.142. The number of carbonyl (C=O) groups is 2. The van der Waals surface area contributed by atoms with E-state index in [1.54, 1.807) is 25.1 Å². The van der Waals surface area contributed by atoms with Gasteiger partial charge in [0.1, 0.15) is 5.25 Å². The largest absolute Gasteiger partial charge is 0.478 e. The molecule has 0 aliphatic heterocycles. The Labute approximate surface area is 110 Å². The van der Waals surface area contributed by atoms with E-state index >= 15 is 0 Å². The molecular weight excluding hydrogens is 252 g/mol. The number of carboxylic acid groups (broad SMARTS) is 1. The maximum atomic E-state index is 11.6. The average Bonchev–Trinajstić information content (AvgIpc) is 2.36. The second-order valence-electron chi connectivity index (χ2n) is 3.76. The summed E-state index contributed by atoms with van der Waals surface area (Å²) in [5, 5.41) is 8.52. The molecule has 0 aliphatic rings. The average molecular weight is 268 g/mol. The van der Waals surface area contributed by atoms with E-state index < -0.39 is 5.97 Å².